The molecule has 10 heteroatoms. The molecule has 0 fully saturated rings. The molecule has 2 aromatic carbocycles. The number of hydrogen-bond acceptors (Lipinski definition) is 7. The average molecular weight is 409 g/mol. The van der Waals surface area contributed by atoms with Crippen LogP contribution in [0, 0.1) is 13.8 Å². The van der Waals surface area contributed by atoms with Crippen LogP contribution in [-0.4, -0.2) is 37.1 Å². The third-order valence-electron chi connectivity index (χ3n) is 4.08. The summed E-state index contributed by atoms with van der Waals surface area (Å²) in [6.45, 7) is 3.11. The number of hydrogen-bond donors (Lipinski definition) is 3. The number of H-pyrrole nitrogens is 1. The van der Waals surface area contributed by atoms with Gasteiger partial charge in [-0.2, -0.15) is 0 Å². The van der Waals surface area contributed by atoms with E-state index >= 15 is 0 Å². The lowest BCUT2D eigenvalue weighted by Gasteiger charge is -2.01. The lowest BCUT2D eigenvalue weighted by molar-refractivity contribution is 0.0688. The van der Waals surface area contributed by atoms with E-state index in [4.69, 9.17) is 14.6 Å². The Morgan fingerprint density at radius 2 is 1.40 bits per heavy atom. The van der Waals surface area contributed by atoms with Crippen molar-refractivity contribution in [2.45, 2.75) is 13.8 Å². The van der Waals surface area contributed by atoms with Crippen LogP contribution >= 0.6 is 0 Å². The minimum atomic E-state index is -1.11. The quantitative estimate of drug-likeness (QED) is 0.450. The summed E-state index contributed by atoms with van der Waals surface area (Å²) in [6.07, 6.45) is 0. The van der Waals surface area contributed by atoms with E-state index in [0.717, 1.165) is 0 Å². The normalized spacial score (nSPS) is 10.5. The van der Waals surface area contributed by atoms with Gasteiger partial charge in [-0.15, -0.1) is 0 Å². The van der Waals surface area contributed by atoms with E-state index in [1.54, 1.807) is 13.0 Å². The summed E-state index contributed by atoms with van der Waals surface area (Å²) >= 11 is 0. The molecule has 0 saturated heterocycles. The molecule has 0 aliphatic rings. The van der Waals surface area contributed by atoms with Crippen molar-refractivity contribution in [1.82, 2.24) is 15.0 Å². The molecule has 152 valence electrons. The van der Waals surface area contributed by atoms with Gasteiger partial charge >= 0.3 is 17.6 Å². The van der Waals surface area contributed by atoms with E-state index in [2.05, 4.69) is 15.0 Å². The summed E-state index contributed by atoms with van der Waals surface area (Å²) in [7, 11) is 0. The molecule has 0 spiro atoms. The Labute approximate surface area is 167 Å². The highest BCUT2D eigenvalue weighted by Gasteiger charge is 2.13. The average Bonchev–Trinajstić information content (AvgIpc) is 2.67. The molecule has 0 radical (unpaired) electrons. The molecule has 4 aromatic rings. The van der Waals surface area contributed by atoms with Crippen molar-refractivity contribution in [1.29, 1.82) is 0 Å². The molecule has 0 saturated carbocycles. The Kier molecular flexibility index (Phi) is 5.41. The highest BCUT2D eigenvalue weighted by Crippen LogP contribution is 2.14. The van der Waals surface area contributed by atoms with Gasteiger partial charge in [-0.25, -0.2) is 24.4 Å². The van der Waals surface area contributed by atoms with Crippen molar-refractivity contribution < 1.29 is 24.2 Å². The topological polar surface area (TPSA) is 163 Å². The molecule has 4 rings (SSSR count). The third-order valence-corrected chi connectivity index (χ3v) is 4.08. The molecule has 30 heavy (non-hydrogen) atoms. The fourth-order valence-corrected chi connectivity index (χ4v) is 2.82. The van der Waals surface area contributed by atoms with Gasteiger partial charge in [0.25, 0.3) is 5.56 Å². The molecule has 2 heterocycles. The minimum absolute atomic E-state index is 0.00324. The Bertz CT molecular complexity index is 1310. The number of aryl methyl sites for hydroxylation is 2. The van der Waals surface area contributed by atoms with Crippen molar-refractivity contribution in [2.75, 3.05) is 0 Å². The first-order valence-corrected chi connectivity index (χ1v) is 8.55. The fraction of sp³-hybridized carbons (Fsp3) is 0.100. The van der Waals surface area contributed by atoms with E-state index in [9.17, 15) is 19.2 Å². The summed E-state index contributed by atoms with van der Waals surface area (Å²) < 4.78 is 4.77. The summed E-state index contributed by atoms with van der Waals surface area (Å²) in [5.74, 6) is -1.64. The van der Waals surface area contributed by atoms with Gasteiger partial charge in [-0.05, 0) is 31.2 Å². The molecule has 2 aromatic heterocycles. The maximum Gasteiger partial charge on any atom is 0.346 e. The Balaban J connectivity index is 0.000000171. The lowest BCUT2D eigenvalue weighted by atomic mass is 10.1. The highest BCUT2D eigenvalue weighted by molar-refractivity contribution is 6.02. The lowest BCUT2D eigenvalue weighted by Crippen LogP contribution is -2.12. The first-order valence-electron chi connectivity index (χ1n) is 8.55. The van der Waals surface area contributed by atoms with E-state index in [1.165, 1.54) is 37.3 Å². The molecule has 0 bridgehead atoms. The number of carboxylic acid groups (broad SMARTS) is 2. The predicted octanol–water partition coefficient (Wildman–Crippen LogP) is 2.12. The number of rotatable bonds is 2. The maximum atomic E-state index is 11.5. The van der Waals surface area contributed by atoms with E-state index in [1.807, 2.05) is 0 Å². The number of aromatic nitrogens is 3. The number of aromatic amines is 1. The van der Waals surface area contributed by atoms with Crippen LogP contribution in [0.25, 0.3) is 21.8 Å². The molecule has 0 unspecified atom stereocenters. The molecule has 0 atom stereocenters. The zero-order valence-corrected chi connectivity index (χ0v) is 15.8. The van der Waals surface area contributed by atoms with E-state index in [-0.39, 0.29) is 39.0 Å². The SMILES string of the molecule is Cc1nc2c(C(=O)O)cccc2c(=O)[nH]1.Cc1nc2c(C(=O)O)cccc2c(=O)o1. The molecule has 0 aliphatic carbocycles. The van der Waals surface area contributed by atoms with Crippen LogP contribution in [-0.2, 0) is 0 Å². The van der Waals surface area contributed by atoms with E-state index < -0.39 is 17.6 Å². The van der Waals surface area contributed by atoms with Gasteiger partial charge in [0.15, 0.2) is 5.89 Å². The monoisotopic (exact) mass is 409 g/mol. The third kappa shape index (κ3) is 3.92. The number of nitrogens with zero attached hydrogens (tertiary/aromatic N) is 2. The number of carboxylic acids is 2. The van der Waals surface area contributed by atoms with Gasteiger partial charge in [0.1, 0.15) is 5.82 Å². The first kappa shape index (κ1) is 20.4. The van der Waals surface area contributed by atoms with Crippen LogP contribution in [0.15, 0.2) is 50.4 Å². The molecule has 3 N–H and O–H groups in total. The number of aromatic carboxylic acids is 2. The molecule has 0 aliphatic heterocycles. The summed E-state index contributed by atoms with van der Waals surface area (Å²) in [5.41, 5.74) is -0.448. The smallest absolute Gasteiger partial charge is 0.346 e. The Hall–Kier alpha value is -4.34. The van der Waals surface area contributed by atoms with Gasteiger partial charge in [-0.1, -0.05) is 12.1 Å². The zero-order valence-electron chi connectivity index (χ0n) is 15.8. The number of fused-ring (bicyclic) bond motifs is 2. The largest absolute Gasteiger partial charge is 0.478 e. The zero-order chi connectivity index (χ0) is 22.0. The Morgan fingerprint density at radius 3 is 1.97 bits per heavy atom. The van der Waals surface area contributed by atoms with Crippen LogP contribution in [0.4, 0.5) is 0 Å². The van der Waals surface area contributed by atoms with Crippen molar-refractivity contribution in [3.63, 3.8) is 0 Å². The number of para-hydroxylation sites is 2. The summed E-state index contributed by atoms with van der Waals surface area (Å²) in [6, 6.07) is 8.87. The van der Waals surface area contributed by atoms with Crippen LogP contribution in [0.1, 0.15) is 32.4 Å². The summed E-state index contributed by atoms with van der Waals surface area (Å²) in [5, 5.41) is 18.3. The van der Waals surface area contributed by atoms with Crippen molar-refractivity contribution >= 4 is 33.7 Å². The number of carbonyl (C=O) groups is 2. The molecular formula is C20H15N3O7. The standard InChI is InChI=1S/C10H8N2O3.C10H7NO4/c1-5-11-8-6(9(13)12-5)3-2-4-7(8)10(14)15;1-5-11-8-6(9(12)13)3-2-4-7(8)10(14)15-5/h2-4H,1H3,(H,14,15)(H,11,12,13);2-4H,1H3,(H,12,13). The summed E-state index contributed by atoms with van der Waals surface area (Å²) in [4.78, 5) is 55.1. The fourth-order valence-electron chi connectivity index (χ4n) is 2.82. The number of nitrogens with one attached hydrogen (secondary N) is 1. The number of benzene rings is 2. The van der Waals surface area contributed by atoms with Gasteiger partial charge < -0.3 is 19.6 Å². The van der Waals surface area contributed by atoms with Crippen molar-refractivity contribution in [2.24, 2.45) is 0 Å². The molecule has 10 nitrogen and oxygen atoms in total. The van der Waals surface area contributed by atoms with Crippen LogP contribution in [0.2, 0.25) is 0 Å². The van der Waals surface area contributed by atoms with Crippen LogP contribution in [0.5, 0.6) is 0 Å². The first-order chi connectivity index (χ1) is 14.2. The second kappa shape index (κ2) is 7.95. The van der Waals surface area contributed by atoms with E-state index in [0.29, 0.717) is 11.2 Å². The van der Waals surface area contributed by atoms with Gasteiger partial charge in [0.05, 0.1) is 32.9 Å². The predicted molar refractivity (Wildman–Crippen MR) is 106 cm³/mol. The second-order valence-electron chi connectivity index (χ2n) is 6.19. The van der Waals surface area contributed by atoms with Gasteiger partial charge in [0.2, 0.25) is 0 Å². The van der Waals surface area contributed by atoms with Crippen molar-refractivity contribution in [3.8, 4) is 0 Å². The van der Waals surface area contributed by atoms with Crippen LogP contribution < -0.4 is 11.2 Å². The van der Waals surface area contributed by atoms with Gasteiger partial charge in [-0.3, -0.25) is 4.79 Å². The highest BCUT2D eigenvalue weighted by atomic mass is 16.4. The molecule has 0 amide bonds. The Morgan fingerprint density at radius 1 is 0.867 bits per heavy atom. The maximum absolute atomic E-state index is 11.5. The van der Waals surface area contributed by atoms with Gasteiger partial charge in [0, 0.05) is 6.92 Å². The molecular weight excluding hydrogens is 394 g/mol. The second-order valence-corrected chi connectivity index (χ2v) is 6.19. The minimum Gasteiger partial charge on any atom is -0.478 e. The van der Waals surface area contributed by atoms with Crippen molar-refractivity contribution in [3.05, 3.63) is 80.0 Å². The van der Waals surface area contributed by atoms with Crippen LogP contribution in [0.3, 0.4) is 0 Å².